The van der Waals surface area contributed by atoms with Crippen molar-refractivity contribution in [3.05, 3.63) is 96.4 Å². The number of benzene rings is 3. The van der Waals surface area contributed by atoms with Crippen molar-refractivity contribution in [3.8, 4) is 0 Å². The molecule has 1 amide bonds. The van der Waals surface area contributed by atoms with Crippen molar-refractivity contribution >= 4 is 98.5 Å². The molecule has 43 heavy (non-hydrogen) atoms. The van der Waals surface area contributed by atoms with Gasteiger partial charge in [0, 0.05) is 54.3 Å². The Hall–Kier alpha value is -2.26. The van der Waals surface area contributed by atoms with E-state index in [4.69, 9.17) is 69.6 Å². The Bertz CT molecular complexity index is 1680. The molecule has 1 N–H and O–H groups in total. The molecule has 3 aromatic carbocycles. The number of amides is 1. The zero-order valence-electron chi connectivity index (χ0n) is 21.8. The van der Waals surface area contributed by atoms with E-state index in [2.05, 4.69) is 5.32 Å². The molecule has 0 radical (unpaired) electrons. The first-order valence-corrected chi connectivity index (χ1v) is 15.1. The molecular formula is C30H19Cl6F2NO4. The van der Waals surface area contributed by atoms with E-state index >= 15 is 4.39 Å². The minimum atomic E-state index is -1.47. The minimum Gasteiger partial charge on any atom is -0.326 e. The Kier molecular flexibility index (Phi) is 9.17. The first-order chi connectivity index (χ1) is 20.2. The van der Waals surface area contributed by atoms with E-state index in [0.717, 1.165) is 12.1 Å². The van der Waals surface area contributed by atoms with Gasteiger partial charge < -0.3 is 5.32 Å². The Balaban J connectivity index is 1.31. The number of halogens is 8. The van der Waals surface area contributed by atoms with E-state index in [1.807, 2.05) is 0 Å². The summed E-state index contributed by atoms with van der Waals surface area (Å²) >= 11 is 37.4. The maximum absolute atomic E-state index is 15.3. The van der Waals surface area contributed by atoms with Crippen LogP contribution in [0.1, 0.15) is 45.8 Å². The Morgan fingerprint density at radius 2 is 1.53 bits per heavy atom. The van der Waals surface area contributed by atoms with Gasteiger partial charge in [-0.2, -0.15) is 0 Å². The molecule has 2 atom stereocenters. The van der Waals surface area contributed by atoms with E-state index in [1.54, 1.807) is 0 Å². The number of Topliss-reactive ketones (excluding diaryl/α,β-unsaturated/α-hetero) is 3. The number of carbonyl (C=O) groups is 4. The van der Waals surface area contributed by atoms with E-state index in [1.165, 1.54) is 30.3 Å². The number of nitrogens with one attached hydrogen (secondary N) is 1. The lowest BCUT2D eigenvalue weighted by Gasteiger charge is -2.22. The quantitative estimate of drug-likeness (QED) is 0.137. The highest BCUT2D eigenvalue weighted by Crippen LogP contribution is 2.65. The molecule has 2 aliphatic carbocycles. The third-order valence-electron chi connectivity index (χ3n) is 7.61. The molecule has 0 unspecified atom stereocenters. The van der Waals surface area contributed by atoms with Gasteiger partial charge in [0.15, 0.2) is 5.78 Å². The third-order valence-corrected chi connectivity index (χ3v) is 10.1. The second-order valence-corrected chi connectivity index (χ2v) is 13.5. The van der Waals surface area contributed by atoms with Crippen LogP contribution in [0.5, 0.6) is 0 Å². The molecule has 2 saturated carbocycles. The van der Waals surface area contributed by atoms with Gasteiger partial charge in [0.1, 0.15) is 27.5 Å². The van der Waals surface area contributed by atoms with Crippen LogP contribution in [-0.2, 0) is 27.2 Å². The van der Waals surface area contributed by atoms with Gasteiger partial charge in [-0.1, -0.05) is 52.5 Å². The fourth-order valence-corrected chi connectivity index (χ4v) is 6.77. The van der Waals surface area contributed by atoms with E-state index in [0.29, 0.717) is 5.56 Å². The van der Waals surface area contributed by atoms with Crippen LogP contribution in [-0.4, -0.2) is 27.6 Å². The first kappa shape index (κ1) is 32.1. The predicted molar refractivity (Wildman–Crippen MR) is 163 cm³/mol. The fourth-order valence-electron chi connectivity index (χ4n) is 5.11. The zero-order valence-corrected chi connectivity index (χ0v) is 26.3. The average Bonchev–Trinajstić information content (AvgIpc) is 3.51. The molecule has 2 fully saturated rings. The lowest BCUT2D eigenvalue weighted by Crippen LogP contribution is -2.31. The molecule has 5 nitrogen and oxygen atoms in total. The van der Waals surface area contributed by atoms with Gasteiger partial charge in [0.25, 0.3) is 0 Å². The lowest BCUT2D eigenvalue weighted by molar-refractivity contribution is -0.136. The number of alkyl halides is 2. The van der Waals surface area contributed by atoms with E-state index in [9.17, 15) is 23.6 Å². The van der Waals surface area contributed by atoms with Crippen LogP contribution < -0.4 is 5.32 Å². The van der Waals surface area contributed by atoms with Crippen molar-refractivity contribution in [1.29, 1.82) is 0 Å². The minimum absolute atomic E-state index is 0.0274. The van der Waals surface area contributed by atoms with Crippen LogP contribution in [0.4, 0.5) is 14.5 Å². The van der Waals surface area contributed by atoms with Crippen LogP contribution in [0, 0.1) is 23.5 Å². The normalized spacial score (nSPS) is 19.1. The van der Waals surface area contributed by atoms with Gasteiger partial charge in [-0.15, -0.1) is 23.2 Å². The number of anilines is 1. The van der Waals surface area contributed by atoms with Gasteiger partial charge in [0.05, 0.1) is 26.0 Å². The largest absolute Gasteiger partial charge is 0.326 e. The molecule has 0 aromatic heterocycles. The van der Waals surface area contributed by atoms with Gasteiger partial charge in [0.2, 0.25) is 5.91 Å². The molecule has 2 aliphatic rings. The maximum atomic E-state index is 15.3. The summed E-state index contributed by atoms with van der Waals surface area (Å²) in [5.74, 6) is -5.73. The summed E-state index contributed by atoms with van der Waals surface area (Å²) in [6.07, 6.45) is -0.901. The monoisotopic (exact) mass is 705 g/mol. The lowest BCUT2D eigenvalue weighted by atomic mass is 9.79. The van der Waals surface area contributed by atoms with Crippen molar-refractivity contribution < 1.29 is 28.0 Å². The second kappa shape index (κ2) is 12.3. The van der Waals surface area contributed by atoms with E-state index < -0.39 is 69.6 Å². The first-order valence-electron chi connectivity index (χ1n) is 12.8. The van der Waals surface area contributed by atoms with E-state index in [-0.39, 0.29) is 55.5 Å². The number of hydrogen-bond acceptors (Lipinski definition) is 4. The summed E-state index contributed by atoms with van der Waals surface area (Å²) in [5.41, 5.74) is 0.0790. The van der Waals surface area contributed by atoms with Gasteiger partial charge in [-0.25, -0.2) is 8.78 Å². The standard InChI is InChI=1S/C30H19Cl6F2NO4/c31-19-3-2-15(39-29(43)26-25(30(26,35)36)14-7-20(32)27(34)21(33)8-14)10-17(19)24(42)9-12-1-4-22(37)18(28(12)38)11-23(41)13-5-16(40)6-13/h1-4,7-8,10,13,25-26H,5-6,9,11H2,(H,39,43)/t25-,26+/m0/s1. The van der Waals surface area contributed by atoms with Crippen molar-refractivity contribution in [2.24, 2.45) is 11.8 Å². The molecule has 3 aromatic rings. The SMILES string of the molecule is O=C1CC(C(=O)Cc2c(F)ccc(CC(=O)c3cc(NC(=O)[C@H]4[C@H](c5cc(Cl)c(Cl)c(Cl)c5)C4(Cl)Cl)ccc3Cl)c2F)C1. The highest BCUT2D eigenvalue weighted by molar-refractivity contribution is 6.54. The number of carbonyl (C=O) groups excluding carboxylic acids is 4. The smallest absolute Gasteiger partial charge is 0.231 e. The Morgan fingerprint density at radius 1 is 0.884 bits per heavy atom. The van der Waals surface area contributed by atoms with Gasteiger partial charge in [-0.05, 0) is 47.5 Å². The summed E-state index contributed by atoms with van der Waals surface area (Å²) in [5, 5.41) is 3.20. The molecule has 224 valence electrons. The van der Waals surface area contributed by atoms with Crippen molar-refractivity contribution in [2.45, 2.75) is 35.9 Å². The van der Waals surface area contributed by atoms with Crippen LogP contribution in [0.3, 0.4) is 0 Å². The zero-order chi connectivity index (χ0) is 31.4. The van der Waals surface area contributed by atoms with Crippen LogP contribution in [0.15, 0.2) is 42.5 Å². The van der Waals surface area contributed by atoms with Crippen molar-refractivity contribution in [2.75, 3.05) is 5.32 Å². The summed E-state index contributed by atoms with van der Waals surface area (Å²) in [6, 6.07) is 9.31. The fraction of sp³-hybridized carbons (Fsp3) is 0.267. The third kappa shape index (κ3) is 6.44. The number of ketones is 3. The average molecular weight is 708 g/mol. The molecule has 0 bridgehead atoms. The molecule has 0 aliphatic heterocycles. The molecule has 5 rings (SSSR count). The van der Waals surface area contributed by atoms with Crippen LogP contribution in [0.2, 0.25) is 20.1 Å². The maximum Gasteiger partial charge on any atom is 0.231 e. The summed E-state index contributed by atoms with van der Waals surface area (Å²) in [4.78, 5) is 49.9. The highest BCUT2D eigenvalue weighted by Gasteiger charge is 2.67. The predicted octanol–water partition coefficient (Wildman–Crippen LogP) is 8.62. The van der Waals surface area contributed by atoms with Crippen molar-refractivity contribution in [3.63, 3.8) is 0 Å². The van der Waals surface area contributed by atoms with Crippen LogP contribution in [0.25, 0.3) is 0 Å². The molecule has 0 saturated heterocycles. The van der Waals surface area contributed by atoms with Gasteiger partial charge >= 0.3 is 0 Å². The van der Waals surface area contributed by atoms with Gasteiger partial charge in [-0.3, -0.25) is 19.2 Å². The topological polar surface area (TPSA) is 80.3 Å². The highest BCUT2D eigenvalue weighted by atomic mass is 35.5. The molecule has 0 spiro atoms. The number of rotatable bonds is 9. The number of hydrogen-bond donors (Lipinski definition) is 1. The van der Waals surface area contributed by atoms with Crippen LogP contribution >= 0.6 is 69.6 Å². The second-order valence-electron chi connectivity index (χ2n) is 10.5. The summed E-state index contributed by atoms with van der Waals surface area (Å²) in [7, 11) is 0. The Labute approximate surface area is 274 Å². The molecule has 13 heteroatoms. The summed E-state index contributed by atoms with van der Waals surface area (Å²) < 4.78 is 28.2. The Morgan fingerprint density at radius 3 is 2.16 bits per heavy atom. The molecular weight excluding hydrogens is 689 g/mol. The van der Waals surface area contributed by atoms with Crippen molar-refractivity contribution in [1.82, 2.24) is 0 Å². The summed E-state index contributed by atoms with van der Waals surface area (Å²) in [6.45, 7) is 0. The molecule has 0 heterocycles.